The molecule has 4 heterocycles. The van der Waals surface area contributed by atoms with Crippen molar-refractivity contribution in [3.05, 3.63) is 71.7 Å². The molecule has 0 spiro atoms. The Morgan fingerprint density at radius 2 is 2.02 bits per heavy atom. The SMILES string of the molecule is CC(N)=Nc1nc(C)c(-c2c3c(cc(N4CC[C@@H](C)[C@@H](N(C)c5ccnc6[nH]ccc56)C4)c2S(=O)(=O)O)-c2ccccc2C3)s1. The van der Waals surface area contributed by atoms with Crippen LogP contribution in [0.15, 0.2) is 64.7 Å². The topological polar surface area (TPSA) is 141 Å². The minimum absolute atomic E-state index is 0.0658. The number of pyridine rings is 1. The van der Waals surface area contributed by atoms with Crippen molar-refractivity contribution in [1.29, 1.82) is 0 Å². The number of H-pyrrole nitrogens is 1. The molecule has 0 saturated carbocycles. The van der Waals surface area contributed by atoms with Gasteiger partial charge in [0, 0.05) is 55.2 Å². The molecule has 1 aliphatic heterocycles. The largest absolute Gasteiger partial charge is 0.387 e. The van der Waals surface area contributed by atoms with Gasteiger partial charge in [0.2, 0.25) is 5.13 Å². The Labute approximate surface area is 266 Å². The normalized spacial score (nSPS) is 18.3. The number of aryl methyl sites for hydroxylation is 1. The summed E-state index contributed by atoms with van der Waals surface area (Å²) in [7, 11) is -2.59. The van der Waals surface area contributed by atoms with Crippen LogP contribution in [0.25, 0.3) is 32.6 Å². The predicted octanol–water partition coefficient (Wildman–Crippen LogP) is 6.17. The molecule has 7 rings (SSSR count). The van der Waals surface area contributed by atoms with Crippen LogP contribution in [0.2, 0.25) is 0 Å². The summed E-state index contributed by atoms with van der Waals surface area (Å²) < 4.78 is 38.0. The molecule has 0 amide bonds. The number of anilines is 2. The van der Waals surface area contributed by atoms with Gasteiger partial charge in [0.05, 0.1) is 22.1 Å². The van der Waals surface area contributed by atoms with Crippen LogP contribution in [-0.4, -0.2) is 59.9 Å². The maximum Gasteiger partial charge on any atom is 0.297 e. The second-order valence-electron chi connectivity index (χ2n) is 12.1. The van der Waals surface area contributed by atoms with Crippen LogP contribution in [0.1, 0.15) is 37.1 Å². The molecule has 1 saturated heterocycles. The number of nitrogens with two attached hydrogens (primary N) is 1. The van der Waals surface area contributed by atoms with Crippen molar-refractivity contribution in [3.8, 4) is 21.6 Å². The molecule has 1 aliphatic carbocycles. The standard InChI is InChI=1S/C33H35N7O3S2/c1-18-11-14-40(17-28(18)39(4)26-10-13-36-32-23(26)9-12-35-32)27-16-24-22-8-6-5-7-21(22)15-25(24)29(31(27)45(41,42)43)30-19(2)37-33(44-30)38-20(3)34/h5-10,12-13,16,18,28H,11,14-15,17H2,1-4H3,(H,35,36)(H2,34,37,38)(H,41,42,43)/t18-,28+/m1/s1. The zero-order valence-electron chi connectivity index (χ0n) is 25.6. The maximum atomic E-state index is 13.5. The number of nitrogens with zero attached hydrogens (tertiary/aromatic N) is 5. The van der Waals surface area contributed by atoms with Gasteiger partial charge < -0.3 is 20.5 Å². The minimum atomic E-state index is -4.68. The summed E-state index contributed by atoms with van der Waals surface area (Å²) in [6, 6.07) is 14.2. The number of benzene rings is 2. The van der Waals surface area contributed by atoms with Crippen molar-refractivity contribution < 1.29 is 13.0 Å². The highest BCUT2D eigenvalue weighted by Gasteiger charge is 2.37. The summed E-state index contributed by atoms with van der Waals surface area (Å²) in [6.45, 7) is 6.98. The molecule has 1 fully saturated rings. The molecule has 0 bridgehead atoms. The molecule has 2 aliphatic rings. The van der Waals surface area contributed by atoms with Crippen molar-refractivity contribution in [2.24, 2.45) is 16.6 Å². The van der Waals surface area contributed by atoms with Gasteiger partial charge in [-0.2, -0.15) is 8.42 Å². The molecular weight excluding hydrogens is 607 g/mol. The molecule has 12 heteroatoms. The first-order chi connectivity index (χ1) is 21.5. The van der Waals surface area contributed by atoms with E-state index >= 15 is 0 Å². The first-order valence-electron chi connectivity index (χ1n) is 14.9. The Balaban J connectivity index is 1.42. The first kappa shape index (κ1) is 29.5. The molecule has 2 atom stereocenters. The van der Waals surface area contributed by atoms with Gasteiger partial charge in [0.25, 0.3) is 10.1 Å². The van der Waals surface area contributed by atoms with Crippen LogP contribution in [0.3, 0.4) is 0 Å². The van der Waals surface area contributed by atoms with E-state index in [9.17, 15) is 13.0 Å². The highest BCUT2D eigenvalue weighted by Crippen LogP contribution is 2.51. The molecular formula is C33H35N7O3S2. The van der Waals surface area contributed by atoms with E-state index in [2.05, 4.69) is 55.8 Å². The zero-order valence-corrected chi connectivity index (χ0v) is 27.2. The average Bonchev–Trinajstić information content (AvgIpc) is 3.72. The number of aromatic nitrogens is 3. The van der Waals surface area contributed by atoms with Crippen molar-refractivity contribution in [3.63, 3.8) is 0 Å². The minimum Gasteiger partial charge on any atom is -0.387 e. The third-order valence-corrected chi connectivity index (χ3v) is 11.2. The molecule has 10 nitrogen and oxygen atoms in total. The Morgan fingerprint density at radius 1 is 1.22 bits per heavy atom. The number of nitrogens with one attached hydrogen (secondary N) is 1. The molecule has 2 aromatic carbocycles. The lowest BCUT2D eigenvalue weighted by molar-refractivity contribution is 0.367. The Bertz CT molecular complexity index is 2100. The second-order valence-corrected chi connectivity index (χ2v) is 14.4. The van der Waals surface area contributed by atoms with Gasteiger partial charge in [-0.25, -0.2) is 15.0 Å². The van der Waals surface area contributed by atoms with Gasteiger partial charge >= 0.3 is 0 Å². The van der Waals surface area contributed by atoms with Crippen LogP contribution in [0.5, 0.6) is 0 Å². The van der Waals surface area contributed by atoms with Gasteiger partial charge in [-0.1, -0.05) is 42.5 Å². The number of thiazole rings is 1. The molecule has 4 N–H and O–H groups in total. The lowest BCUT2D eigenvalue weighted by Crippen LogP contribution is -2.51. The van der Waals surface area contributed by atoms with Crippen molar-refractivity contribution in [2.45, 2.75) is 44.6 Å². The van der Waals surface area contributed by atoms with Crippen LogP contribution in [0, 0.1) is 12.8 Å². The second kappa shape index (κ2) is 11.0. The lowest BCUT2D eigenvalue weighted by atomic mass is 9.90. The Hall–Kier alpha value is -4.26. The molecule has 232 valence electrons. The Kier molecular flexibility index (Phi) is 7.18. The van der Waals surface area contributed by atoms with Crippen LogP contribution in [-0.2, 0) is 16.5 Å². The third-order valence-electron chi connectivity index (χ3n) is 9.16. The first-order valence-corrected chi connectivity index (χ1v) is 17.2. The van der Waals surface area contributed by atoms with E-state index in [0.29, 0.717) is 58.2 Å². The fraction of sp³-hybridized carbons (Fsp3) is 0.303. The van der Waals surface area contributed by atoms with E-state index in [1.165, 1.54) is 11.3 Å². The fourth-order valence-electron chi connectivity index (χ4n) is 6.99. The number of hydrogen-bond donors (Lipinski definition) is 3. The lowest BCUT2D eigenvalue weighted by Gasteiger charge is -2.44. The monoisotopic (exact) mass is 641 g/mol. The highest BCUT2D eigenvalue weighted by molar-refractivity contribution is 7.86. The quantitative estimate of drug-likeness (QED) is 0.111. The summed E-state index contributed by atoms with van der Waals surface area (Å²) in [4.78, 5) is 21.6. The Morgan fingerprint density at radius 3 is 2.80 bits per heavy atom. The van der Waals surface area contributed by atoms with E-state index in [0.717, 1.165) is 45.4 Å². The smallest absolute Gasteiger partial charge is 0.297 e. The summed E-state index contributed by atoms with van der Waals surface area (Å²) in [5.74, 6) is 0.696. The number of fused-ring (bicyclic) bond motifs is 4. The molecule has 0 unspecified atom stereocenters. The molecule has 45 heavy (non-hydrogen) atoms. The van der Waals surface area contributed by atoms with Crippen molar-refractivity contribution >= 4 is 54.8 Å². The number of aromatic amines is 1. The third kappa shape index (κ3) is 5.06. The summed E-state index contributed by atoms with van der Waals surface area (Å²) in [6.07, 6.45) is 5.09. The molecule has 0 radical (unpaired) electrons. The highest BCUT2D eigenvalue weighted by atomic mass is 32.2. The molecule has 5 aromatic rings. The number of hydrogen-bond acceptors (Lipinski definition) is 8. The van der Waals surface area contributed by atoms with Gasteiger partial charge in [0.1, 0.15) is 10.5 Å². The van der Waals surface area contributed by atoms with E-state index in [1.807, 2.05) is 43.5 Å². The number of aliphatic imine (C=N–C) groups is 1. The van der Waals surface area contributed by atoms with E-state index in [4.69, 9.17) is 5.73 Å². The van der Waals surface area contributed by atoms with Crippen molar-refractivity contribution in [1.82, 2.24) is 15.0 Å². The van der Waals surface area contributed by atoms with Gasteiger partial charge in [-0.05, 0) is 73.1 Å². The van der Waals surface area contributed by atoms with Gasteiger partial charge in [-0.3, -0.25) is 4.55 Å². The van der Waals surface area contributed by atoms with Crippen LogP contribution >= 0.6 is 11.3 Å². The van der Waals surface area contributed by atoms with Gasteiger partial charge in [0.15, 0.2) is 0 Å². The van der Waals surface area contributed by atoms with Crippen LogP contribution < -0.4 is 15.5 Å². The van der Waals surface area contributed by atoms with Gasteiger partial charge in [-0.15, -0.1) is 0 Å². The van der Waals surface area contributed by atoms with E-state index in [-0.39, 0.29) is 10.9 Å². The fourth-order valence-corrected chi connectivity index (χ4v) is 9.07. The van der Waals surface area contributed by atoms with E-state index < -0.39 is 10.1 Å². The summed E-state index contributed by atoms with van der Waals surface area (Å²) in [5.41, 5.74) is 13.4. The zero-order chi connectivity index (χ0) is 31.6. The summed E-state index contributed by atoms with van der Waals surface area (Å²) in [5, 5.41) is 1.48. The summed E-state index contributed by atoms with van der Waals surface area (Å²) >= 11 is 1.29. The maximum absolute atomic E-state index is 13.5. The van der Waals surface area contributed by atoms with E-state index in [1.54, 1.807) is 13.1 Å². The number of piperidine rings is 1. The number of amidine groups is 1. The average molecular weight is 642 g/mol. The molecule has 3 aromatic heterocycles. The predicted molar refractivity (Wildman–Crippen MR) is 182 cm³/mol. The number of likely N-dealkylation sites (N-methyl/N-ethyl adjacent to an activating group) is 1. The number of rotatable bonds is 6. The van der Waals surface area contributed by atoms with Crippen LogP contribution in [0.4, 0.5) is 16.5 Å². The van der Waals surface area contributed by atoms with Crippen molar-refractivity contribution in [2.75, 3.05) is 29.9 Å².